The maximum absolute atomic E-state index is 15.0. The van der Waals surface area contributed by atoms with Gasteiger partial charge < -0.3 is 14.4 Å². The van der Waals surface area contributed by atoms with E-state index in [0.717, 1.165) is 30.1 Å². The van der Waals surface area contributed by atoms with Crippen LogP contribution in [0.3, 0.4) is 0 Å². The van der Waals surface area contributed by atoms with Crippen molar-refractivity contribution < 1.29 is 35.8 Å². The van der Waals surface area contributed by atoms with Gasteiger partial charge in [0.15, 0.2) is 9.84 Å². The number of sulfone groups is 1. The van der Waals surface area contributed by atoms with E-state index in [1.165, 1.54) is 29.1 Å². The molecule has 1 N–H and O–H groups in total. The van der Waals surface area contributed by atoms with Crippen LogP contribution in [0.15, 0.2) is 71.9 Å². The number of hydrogen-bond donors (Lipinski definition) is 1. The van der Waals surface area contributed by atoms with Gasteiger partial charge in [-0.1, -0.05) is 11.3 Å². The number of aryl methyl sites for hydroxylation is 2. The average Bonchev–Trinajstić information content (AvgIpc) is 3.52. The number of rotatable bonds is 7. The summed E-state index contributed by atoms with van der Waals surface area (Å²) in [5, 5.41) is 17.7. The second-order valence-corrected chi connectivity index (χ2v) is 11.5. The van der Waals surface area contributed by atoms with Crippen LogP contribution in [0, 0.1) is 19.7 Å². The summed E-state index contributed by atoms with van der Waals surface area (Å²) < 4.78 is 84.9. The summed E-state index contributed by atoms with van der Waals surface area (Å²) in [6, 6.07) is 12.6. The molecule has 0 saturated heterocycles. The van der Waals surface area contributed by atoms with Crippen molar-refractivity contribution in [3.05, 3.63) is 89.9 Å². The zero-order chi connectivity index (χ0) is 30.4. The van der Waals surface area contributed by atoms with E-state index < -0.39 is 34.4 Å². The first-order chi connectivity index (χ1) is 19.7. The Morgan fingerprint density at radius 1 is 1.00 bits per heavy atom. The lowest BCUT2D eigenvalue weighted by atomic mass is 9.98. The van der Waals surface area contributed by atoms with Crippen molar-refractivity contribution in [2.45, 2.75) is 31.7 Å². The molecule has 2 heterocycles. The number of halogens is 4. The Hall–Kier alpha value is -4.56. The first-order valence-electron chi connectivity index (χ1n) is 12.3. The third-order valence-electron chi connectivity index (χ3n) is 6.44. The van der Waals surface area contributed by atoms with E-state index >= 15 is 0 Å². The van der Waals surface area contributed by atoms with Gasteiger partial charge in [-0.3, -0.25) is 0 Å². The fraction of sp³-hybridized carbons (Fsp3) is 0.179. The smallest absolute Gasteiger partial charge is 0.406 e. The van der Waals surface area contributed by atoms with E-state index in [1.807, 2.05) is 17.7 Å². The van der Waals surface area contributed by atoms with Crippen LogP contribution < -0.4 is 4.74 Å². The maximum atomic E-state index is 15.0. The Morgan fingerprint density at radius 3 is 2.31 bits per heavy atom. The van der Waals surface area contributed by atoms with E-state index in [2.05, 4.69) is 20.0 Å². The van der Waals surface area contributed by atoms with E-state index in [9.17, 15) is 31.1 Å². The molecule has 0 fully saturated rings. The molecule has 0 spiro atoms. The Labute approximate surface area is 237 Å². The van der Waals surface area contributed by atoms with E-state index in [1.54, 1.807) is 25.1 Å². The Morgan fingerprint density at radius 2 is 1.71 bits per heavy atom. The second kappa shape index (κ2) is 10.7. The lowest BCUT2D eigenvalue weighted by molar-refractivity contribution is -0.274. The minimum atomic E-state index is -4.85. The van der Waals surface area contributed by atoms with Gasteiger partial charge in [-0.2, -0.15) is 0 Å². The Balaban J connectivity index is 1.70. The minimum absolute atomic E-state index is 0.240. The van der Waals surface area contributed by atoms with E-state index in [-0.39, 0.29) is 16.0 Å². The molecule has 0 aliphatic rings. The minimum Gasteiger partial charge on any atom is -0.406 e. The molecule has 5 rings (SSSR count). The standard InChI is InChI=1S/C28H23F4N5O4S/c1-16-14-36(17(2)34-16)25-9-4-18(19-11-24(29)23(15-38)27(12-19)42(3,39)40)10-22(25)26-13-33-35-37(26)20-5-7-21(8-6-20)41-28(30,31)32/h4-14,38H,15H2,1-3H3. The van der Waals surface area contributed by atoms with Gasteiger partial charge in [-0.25, -0.2) is 22.5 Å². The quantitative estimate of drug-likeness (QED) is 0.251. The molecule has 42 heavy (non-hydrogen) atoms. The van der Waals surface area contributed by atoms with Crippen molar-refractivity contribution in [2.75, 3.05) is 6.26 Å². The highest BCUT2D eigenvalue weighted by Crippen LogP contribution is 2.36. The lowest BCUT2D eigenvalue weighted by Crippen LogP contribution is -2.17. The summed E-state index contributed by atoms with van der Waals surface area (Å²) in [6.45, 7) is 2.84. The lowest BCUT2D eigenvalue weighted by Gasteiger charge is -2.16. The number of aromatic nitrogens is 5. The molecule has 0 amide bonds. The summed E-state index contributed by atoms with van der Waals surface area (Å²) >= 11 is 0. The van der Waals surface area contributed by atoms with Crippen LogP contribution >= 0.6 is 0 Å². The number of ether oxygens (including phenoxy) is 1. The van der Waals surface area contributed by atoms with Crippen molar-refractivity contribution in [1.82, 2.24) is 24.5 Å². The first kappa shape index (κ1) is 29.0. The SMILES string of the molecule is Cc1cn(-c2ccc(-c3cc(F)c(CO)c(S(C)(=O)=O)c3)cc2-c2cnnn2-c2ccc(OC(F)(F)F)cc2)c(C)n1. The van der Waals surface area contributed by atoms with Gasteiger partial charge in [0.25, 0.3) is 0 Å². The molecule has 9 nitrogen and oxygen atoms in total. The number of benzene rings is 3. The Kier molecular flexibility index (Phi) is 7.37. The fourth-order valence-corrected chi connectivity index (χ4v) is 5.60. The summed E-state index contributed by atoms with van der Waals surface area (Å²) in [6.07, 6.45) is -0.650. The maximum Gasteiger partial charge on any atom is 0.573 e. The molecule has 0 aliphatic carbocycles. The number of alkyl halides is 3. The predicted octanol–water partition coefficient (Wildman–Crippen LogP) is 5.34. The van der Waals surface area contributed by atoms with Crippen LogP contribution in [0.2, 0.25) is 0 Å². The van der Waals surface area contributed by atoms with Gasteiger partial charge in [0.2, 0.25) is 0 Å². The molecular formula is C28H23F4N5O4S. The molecule has 218 valence electrons. The van der Waals surface area contributed by atoms with Gasteiger partial charge in [0.1, 0.15) is 17.4 Å². The van der Waals surface area contributed by atoms with Crippen LogP contribution in [-0.2, 0) is 16.4 Å². The fourth-order valence-electron chi connectivity index (χ4n) is 4.65. The van der Waals surface area contributed by atoms with Crippen LogP contribution in [-0.4, -0.2) is 50.7 Å². The van der Waals surface area contributed by atoms with Crippen molar-refractivity contribution >= 4 is 9.84 Å². The summed E-state index contributed by atoms with van der Waals surface area (Å²) in [5.74, 6) is -0.628. The molecule has 5 aromatic rings. The third kappa shape index (κ3) is 5.76. The zero-order valence-electron chi connectivity index (χ0n) is 22.4. The summed E-state index contributed by atoms with van der Waals surface area (Å²) in [4.78, 5) is 4.12. The second-order valence-electron chi connectivity index (χ2n) is 9.47. The molecule has 2 aromatic heterocycles. The monoisotopic (exact) mass is 601 g/mol. The third-order valence-corrected chi connectivity index (χ3v) is 7.61. The molecule has 14 heteroatoms. The molecule has 0 atom stereocenters. The number of hydrogen-bond acceptors (Lipinski definition) is 7. The van der Waals surface area contributed by atoms with Gasteiger partial charge in [0, 0.05) is 23.6 Å². The summed E-state index contributed by atoms with van der Waals surface area (Å²) in [7, 11) is -3.88. The highest BCUT2D eigenvalue weighted by molar-refractivity contribution is 7.90. The molecular weight excluding hydrogens is 578 g/mol. The predicted molar refractivity (Wildman–Crippen MR) is 145 cm³/mol. The van der Waals surface area contributed by atoms with Crippen molar-refractivity contribution in [1.29, 1.82) is 0 Å². The number of aliphatic hydroxyl groups excluding tert-OH is 1. The zero-order valence-corrected chi connectivity index (χ0v) is 23.2. The highest BCUT2D eigenvalue weighted by Gasteiger charge is 2.31. The highest BCUT2D eigenvalue weighted by atomic mass is 32.2. The van der Waals surface area contributed by atoms with E-state index in [4.69, 9.17) is 0 Å². The normalized spacial score (nSPS) is 12.1. The number of nitrogens with zero attached hydrogens (tertiary/aromatic N) is 5. The molecule has 0 bridgehead atoms. The number of imidazole rings is 1. The molecule has 0 unspecified atom stereocenters. The summed E-state index contributed by atoms with van der Waals surface area (Å²) in [5.41, 5.74) is 3.07. The van der Waals surface area contributed by atoms with Gasteiger partial charge in [0.05, 0.1) is 40.5 Å². The van der Waals surface area contributed by atoms with Crippen LogP contribution in [0.1, 0.15) is 17.1 Å². The van der Waals surface area contributed by atoms with Crippen LogP contribution in [0.5, 0.6) is 5.75 Å². The van der Waals surface area contributed by atoms with Crippen LogP contribution in [0.4, 0.5) is 17.6 Å². The molecule has 0 radical (unpaired) electrons. The molecule has 3 aromatic carbocycles. The van der Waals surface area contributed by atoms with Crippen LogP contribution in [0.25, 0.3) is 33.8 Å². The van der Waals surface area contributed by atoms with Gasteiger partial charge in [-0.05, 0) is 73.5 Å². The Bertz CT molecular complexity index is 1900. The largest absolute Gasteiger partial charge is 0.573 e. The van der Waals surface area contributed by atoms with Crippen molar-refractivity contribution in [2.24, 2.45) is 0 Å². The topological polar surface area (TPSA) is 112 Å². The average molecular weight is 602 g/mol. The molecule has 0 saturated carbocycles. The first-order valence-corrected chi connectivity index (χ1v) is 14.2. The van der Waals surface area contributed by atoms with Gasteiger partial charge >= 0.3 is 6.36 Å². The van der Waals surface area contributed by atoms with Gasteiger partial charge in [-0.15, -0.1) is 18.3 Å². The molecule has 0 aliphatic heterocycles. The van der Waals surface area contributed by atoms with E-state index in [0.29, 0.717) is 34.0 Å². The van der Waals surface area contributed by atoms with Crippen molar-refractivity contribution in [3.8, 4) is 39.5 Å². The van der Waals surface area contributed by atoms with Crippen molar-refractivity contribution in [3.63, 3.8) is 0 Å². The number of aliphatic hydroxyl groups is 1.